The lowest BCUT2D eigenvalue weighted by Gasteiger charge is -2.05. The Hall–Kier alpha value is -2.51. The topological polar surface area (TPSA) is 56.5 Å². The van der Waals surface area contributed by atoms with E-state index in [4.69, 9.17) is 11.6 Å². The van der Waals surface area contributed by atoms with Gasteiger partial charge in [-0.15, -0.1) is 5.10 Å². The molecule has 26 heavy (non-hydrogen) atoms. The van der Waals surface area contributed by atoms with Crippen molar-refractivity contribution in [2.75, 3.05) is 0 Å². The number of thioether (sulfide) groups is 1. The second kappa shape index (κ2) is 7.39. The van der Waals surface area contributed by atoms with Crippen molar-refractivity contribution < 1.29 is 4.39 Å². The molecule has 4 aromatic rings. The Balaban J connectivity index is 1.61. The minimum Gasteiger partial charge on any atom is -0.227 e. The van der Waals surface area contributed by atoms with Crippen LogP contribution in [0.5, 0.6) is 0 Å². The van der Waals surface area contributed by atoms with E-state index in [2.05, 4.69) is 20.3 Å². The fourth-order valence-corrected chi connectivity index (χ4v) is 3.82. The van der Waals surface area contributed by atoms with Crippen LogP contribution in [0.25, 0.3) is 11.2 Å². The van der Waals surface area contributed by atoms with Gasteiger partial charge in [0.2, 0.25) is 0 Å². The van der Waals surface area contributed by atoms with Crippen LogP contribution in [0.4, 0.5) is 4.39 Å². The van der Waals surface area contributed by atoms with Crippen LogP contribution < -0.4 is 0 Å². The van der Waals surface area contributed by atoms with Gasteiger partial charge in [0.25, 0.3) is 0 Å². The van der Waals surface area contributed by atoms with E-state index in [-0.39, 0.29) is 5.82 Å². The lowest BCUT2D eigenvalue weighted by atomic mass is 10.2. The summed E-state index contributed by atoms with van der Waals surface area (Å²) >= 11 is 7.45. The number of nitrogens with zero attached hydrogens (tertiary/aromatic N) is 5. The van der Waals surface area contributed by atoms with Gasteiger partial charge in [0.1, 0.15) is 17.2 Å². The van der Waals surface area contributed by atoms with Crippen LogP contribution >= 0.6 is 23.4 Å². The highest BCUT2D eigenvalue weighted by Gasteiger charge is 2.14. The average molecular weight is 386 g/mol. The quantitative estimate of drug-likeness (QED) is 0.377. The maximum atomic E-state index is 14.0. The zero-order valence-electron chi connectivity index (χ0n) is 13.5. The summed E-state index contributed by atoms with van der Waals surface area (Å²) in [6, 6.07) is 14.6. The number of benzene rings is 2. The van der Waals surface area contributed by atoms with E-state index in [9.17, 15) is 4.39 Å². The molecule has 0 atom stereocenters. The van der Waals surface area contributed by atoms with Gasteiger partial charge in [0, 0.05) is 16.3 Å². The largest absolute Gasteiger partial charge is 0.227 e. The Bertz CT molecular complexity index is 1030. The Kier molecular flexibility index (Phi) is 4.81. The average Bonchev–Trinajstić information content (AvgIpc) is 3.06. The monoisotopic (exact) mass is 385 g/mol. The maximum Gasteiger partial charge on any atom is 0.183 e. The van der Waals surface area contributed by atoms with Crippen LogP contribution in [0.15, 0.2) is 59.9 Å². The summed E-state index contributed by atoms with van der Waals surface area (Å²) in [4.78, 5) is 8.57. The molecule has 0 unspecified atom stereocenters. The summed E-state index contributed by atoms with van der Waals surface area (Å²) in [5.74, 6) is 0.0198. The number of hydrogen-bond donors (Lipinski definition) is 0. The van der Waals surface area contributed by atoms with Gasteiger partial charge >= 0.3 is 0 Å². The van der Waals surface area contributed by atoms with Gasteiger partial charge in [0.15, 0.2) is 11.2 Å². The molecule has 2 aromatic heterocycles. The first kappa shape index (κ1) is 16.9. The fourth-order valence-electron chi connectivity index (χ4n) is 2.55. The maximum absolute atomic E-state index is 14.0. The first-order chi connectivity index (χ1) is 12.7. The highest BCUT2D eigenvalue weighted by molar-refractivity contribution is 7.98. The van der Waals surface area contributed by atoms with Gasteiger partial charge in [-0.3, -0.25) is 0 Å². The minimum atomic E-state index is -0.331. The van der Waals surface area contributed by atoms with E-state index < -0.39 is 0 Å². The molecule has 0 saturated heterocycles. The van der Waals surface area contributed by atoms with Crippen molar-refractivity contribution in [1.82, 2.24) is 25.0 Å². The molecule has 0 spiro atoms. The first-order valence-corrected chi connectivity index (χ1v) is 9.22. The summed E-state index contributed by atoms with van der Waals surface area (Å²) in [6.45, 7) is 0.567. The number of rotatable bonds is 5. The van der Waals surface area contributed by atoms with Crippen molar-refractivity contribution >= 4 is 34.5 Å². The van der Waals surface area contributed by atoms with E-state index in [0.717, 1.165) is 5.56 Å². The van der Waals surface area contributed by atoms with Crippen molar-refractivity contribution in [3.63, 3.8) is 0 Å². The summed E-state index contributed by atoms with van der Waals surface area (Å²) in [5, 5.41) is 9.45. The summed E-state index contributed by atoms with van der Waals surface area (Å²) in [6.07, 6.45) is 1.47. The predicted molar refractivity (Wildman–Crippen MR) is 99.6 cm³/mol. The first-order valence-electron chi connectivity index (χ1n) is 7.86. The Morgan fingerprint density at radius 2 is 1.88 bits per heavy atom. The Labute approximate surface area is 158 Å². The summed E-state index contributed by atoms with van der Waals surface area (Å²) in [5.41, 5.74) is 2.79. The van der Waals surface area contributed by atoms with Crippen molar-refractivity contribution in [2.45, 2.75) is 17.3 Å². The number of hydrogen-bond acceptors (Lipinski definition) is 5. The van der Waals surface area contributed by atoms with Gasteiger partial charge in [-0.1, -0.05) is 65.0 Å². The van der Waals surface area contributed by atoms with Gasteiger partial charge < -0.3 is 0 Å². The zero-order chi connectivity index (χ0) is 17.9. The molecule has 5 nitrogen and oxygen atoms in total. The van der Waals surface area contributed by atoms with Crippen molar-refractivity contribution in [2.24, 2.45) is 0 Å². The molecule has 0 bridgehead atoms. The van der Waals surface area contributed by atoms with Crippen LogP contribution in [0, 0.1) is 5.82 Å². The van der Waals surface area contributed by atoms with E-state index in [0.29, 0.717) is 39.1 Å². The minimum absolute atomic E-state index is 0.331. The molecule has 0 aliphatic heterocycles. The molecule has 130 valence electrons. The van der Waals surface area contributed by atoms with Crippen LogP contribution in [0.2, 0.25) is 5.02 Å². The molecule has 0 aliphatic rings. The molecule has 8 heteroatoms. The lowest BCUT2D eigenvalue weighted by molar-refractivity contribution is 0.617. The summed E-state index contributed by atoms with van der Waals surface area (Å²) < 4.78 is 15.7. The van der Waals surface area contributed by atoms with Crippen LogP contribution in [-0.4, -0.2) is 25.0 Å². The molecule has 0 fully saturated rings. The highest BCUT2D eigenvalue weighted by atomic mass is 35.5. The molecule has 0 radical (unpaired) electrons. The Morgan fingerprint density at radius 3 is 2.69 bits per heavy atom. The van der Waals surface area contributed by atoms with Crippen LogP contribution in [0.1, 0.15) is 11.1 Å². The molecule has 0 saturated carbocycles. The van der Waals surface area contributed by atoms with Crippen LogP contribution in [0.3, 0.4) is 0 Å². The fraction of sp³-hybridized carbons (Fsp3) is 0.111. The zero-order valence-corrected chi connectivity index (χ0v) is 15.1. The molecular formula is C18H13ClFN5S. The standard InChI is InChI=1S/C18H13ClFN5S/c19-14-7-4-8-15(20)13(14)10-26-18-16-17(21-11-22-18)25(24-23-16)9-12-5-2-1-3-6-12/h1-8,11H,9-10H2. The van der Waals surface area contributed by atoms with E-state index in [1.165, 1.54) is 24.2 Å². The van der Waals surface area contributed by atoms with Gasteiger partial charge in [0.05, 0.1) is 6.54 Å². The van der Waals surface area contributed by atoms with Crippen molar-refractivity contribution in [1.29, 1.82) is 0 Å². The molecule has 4 rings (SSSR count). The van der Waals surface area contributed by atoms with E-state index in [1.807, 2.05) is 30.3 Å². The Morgan fingerprint density at radius 1 is 1.04 bits per heavy atom. The smallest absolute Gasteiger partial charge is 0.183 e. The third-order valence-electron chi connectivity index (χ3n) is 3.86. The normalized spacial score (nSPS) is 11.2. The van der Waals surface area contributed by atoms with E-state index >= 15 is 0 Å². The van der Waals surface area contributed by atoms with Gasteiger partial charge in [-0.2, -0.15) is 0 Å². The van der Waals surface area contributed by atoms with Crippen molar-refractivity contribution in [3.05, 3.63) is 76.8 Å². The summed E-state index contributed by atoms with van der Waals surface area (Å²) in [7, 11) is 0. The molecular weight excluding hydrogens is 373 g/mol. The molecule has 0 amide bonds. The van der Waals surface area contributed by atoms with Crippen molar-refractivity contribution in [3.8, 4) is 0 Å². The molecule has 2 heterocycles. The lowest BCUT2D eigenvalue weighted by Crippen LogP contribution is -2.02. The SMILES string of the molecule is Fc1cccc(Cl)c1CSc1ncnc2c1nnn2Cc1ccccc1. The number of halogens is 2. The second-order valence-corrected chi connectivity index (χ2v) is 6.94. The highest BCUT2D eigenvalue weighted by Crippen LogP contribution is 2.30. The third-order valence-corrected chi connectivity index (χ3v) is 5.22. The molecule has 2 aromatic carbocycles. The van der Waals surface area contributed by atoms with E-state index in [1.54, 1.807) is 16.8 Å². The molecule has 0 N–H and O–H groups in total. The number of aromatic nitrogens is 5. The van der Waals surface area contributed by atoms with Gasteiger partial charge in [-0.25, -0.2) is 19.0 Å². The van der Waals surface area contributed by atoms with Gasteiger partial charge in [-0.05, 0) is 17.7 Å². The predicted octanol–water partition coefficient (Wildman–Crippen LogP) is 4.35. The third kappa shape index (κ3) is 3.40. The van der Waals surface area contributed by atoms with Crippen LogP contribution in [-0.2, 0) is 12.3 Å². The number of fused-ring (bicyclic) bond motifs is 1. The second-order valence-electron chi connectivity index (χ2n) is 5.57. The molecule has 0 aliphatic carbocycles.